The van der Waals surface area contributed by atoms with E-state index in [4.69, 9.17) is 10.6 Å². The van der Waals surface area contributed by atoms with E-state index in [1.807, 2.05) is 0 Å². The monoisotopic (exact) mass is 268 g/mol. The molecule has 4 atom stereocenters. The third kappa shape index (κ3) is 3.14. The highest BCUT2D eigenvalue weighted by molar-refractivity contribution is 5.00. The Morgan fingerprint density at radius 3 is 2.42 bits per heavy atom. The number of hydrogen-bond donors (Lipinski definition) is 2. The molecule has 0 aromatic rings. The maximum Gasteiger partial charge on any atom is 0.0850 e. The standard InChI is InChI=1S/C16H32N2O/c1-4-19-16(9-5-6-10-16)15(18-17)14-8-7-12(2)13(3)11-14/h12-15,18H,4-11,17H2,1-3H3. The van der Waals surface area contributed by atoms with Crippen molar-refractivity contribution in [2.75, 3.05) is 6.61 Å². The predicted octanol–water partition coefficient (Wildman–Crippen LogP) is 3.24. The predicted molar refractivity (Wildman–Crippen MR) is 79.6 cm³/mol. The molecule has 0 spiro atoms. The average Bonchev–Trinajstić information content (AvgIpc) is 2.84. The van der Waals surface area contributed by atoms with Crippen LogP contribution in [0.2, 0.25) is 0 Å². The van der Waals surface area contributed by atoms with Crippen molar-refractivity contribution in [3.05, 3.63) is 0 Å². The normalized spacial score (nSPS) is 36.3. The lowest BCUT2D eigenvalue weighted by atomic mass is 9.69. The molecule has 112 valence electrons. The van der Waals surface area contributed by atoms with Crippen LogP contribution in [-0.2, 0) is 4.74 Å². The number of nitrogens with two attached hydrogens (primary N) is 1. The van der Waals surface area contributed by atoms with Crippen LogP contribution in [0, 0.1) is 17.8 Å². The van der Waals surface area contributed by atoms with Gasteiger partial charge in [-0.25, -0.2) is 0 Å². The van der Waals surface area contributed by atoms with Gasteiger partial charge >= 0.3 is 0 Å². The van der Waals surface area contributed by atoms with Crippen LogP contribution >= 0.6 is 0 Å². The molecule has 19 heavy (non-hydrogen) atoms. The Balaban J connectivity index is 2.09. The van der Waals surface area contributed by atoms with Gasteiger partial charge in [0.1, 0.15) is 0 Å². The summed E-state index contributed by atoms with van der Waals surface area (Å²) in [4.78, 5) is 0. The van der Waals surface area contributed by atoms with Gasteiger partial charge in [-0.05, 0) is 50.4 Å². The molecule has 0 heterocycles. The Kier molecular flexibility index (Phi) is 5.27. The highest BCUT2D eigenvalue weighted by Gasteiger charge is 2.46. The van der Waals surface area contributed by atoms with E-state index >= 15 is 0 Å². The minimum absolute atomic E-state index is 0.00840. The maximum atomic E-state index is 6.22. The molecule has 0 aromatic carbocycles. The van der Waals surface area contributed by atoms with Crippen molar-refractivity contribution in [2.45, 2.75) is 77.4 Å². The molecule has 0 amide bonds. The minimum Gasteiger partial charge on any atom is -0.374 e. The topological polar surface area (TPSA) is 47.3 Å². The fourth-order valence-electron chi connectivity index (χ4n) is 4.42. The lowest BCUT2D eigenvalue weighted by molar-refractivity contribution is -0.0826. The van der Waals surface area contributed by atoms with Gasteiger partial charge in [-0.1, -0.05) is 33.1 Å². The molecule has 2 fully saturated rings. The van der Waals surface area contributed by atoms with Gasteiger partial charge in [0.2, 0.25) is 0 Å². The van der Waals surface area contributed by atoms with Crippen molar-refractivity contribution in [3.8, 4) is 0 Å². The van der Waals surface area contributed by atoms with Crippen molar-refractivity contribution >= 4 is 0 Å². The van der Waals surface area contributed by atoms with Gasteiger partial charge in [-0.15, -0.1) is 0 Å². The summed E-state index contributed by atoms with van der Waals surface area (Å²) < 4.78 is 6.22. The fraction of sp³-hybridized carbons (Fsp3) is 1.00. The van der Waals surface area contributed by atoms with Gasteiger partial charge in [0.15, 0.2) is 0 Å². The number of nitrogens with one attached hydrogen (secondary N) is 1. The summed E-state index contributed by atoms with van der Waals surface area (Å²) in [6.07, 6.45) is 8.87. The molecule has 0 aliphatic heterocycles. The van der Waals surface area contributed by atoms with E-state index in [1.165, 1.54) is 44.9 Å². The van der Waals surface area contributed by atoms with Crippen LogP contribution in [0.5, 0.6) is 0 Å². The molecule has 2 saturated carbocycles. The van der Waals surface area contributed by atoms with Crippen LogP contribution in [0.1, 0.15) is 65.7 Å². The molecule has 4 unspecified atom stereocenters. The lowest BCUT2D eigenvalue weighted by Gasteiger charge is -2.45. The minimum atomic E-state index is 0.00840. The number of hydrazine groups is 1. The van der Waals surface area contributed by atoms with Crippen LogP contribution in [0.15, 0.2) is 0 Å². The number of hydrogen-bond acceptors (Lipinski definition) is 3. The Bertz CT molecular complexity index is 276. The molecule has 0 saturated heterocycles. The largest absolute Gasteiger partial charge is 0.374 e. The van der Waals surface area contributed by atoms with E-state index in [0.717, 1.165) is 18.4 Å². The summed E-state index contributed by atoms with van der Waals surface area (Å²) >= 11 is 0. The van der Waals surface area contributed by atoms with Crippen molar-refractivity contribution < 1.29 is 4.74 Å². The first-order valence-corrected chi connectivity index (χ1v) is 8.23. The molecule has 3 N–H and O–H groups in total. The first-order valence-electron chi connectivity index (χ1n) is 8.23. The zero-order valence-corrected chi connectivity index (χ0v) is 13.0. The fourth-order valence-corrected chi connectivity index (χ4v) is 4.42. The van der Waals surface area contributed by atoms with Gasteiger partial charge in [0, 0.05) is 6.61 Å². The molecule has 2 aliphatic carbocycles. The Hall–Kier alpha value is -0.120. The van der Waals surface area contributed by atoms with E-state index in [-0.39, 0.29) is 5.60 Å². The van der Waals surface area contributed by atoms with Crippen molar-refractivity contribution in [1.29, 1.82) is 0 Å². The van der Waals surface area contributed by atoms with Gasteiger partial charge in [-0.3, -0.25) is 11.3 Å². The molecule has 3 heteroatoms. The molecule has 3 nitrogen and oxygen atoms in total. The molecule has 0 radical (unpaired) electrons. The van der Waals surface area contributed by atoms with Crippen LogP contribution in [-0.4, -0.2) is 18.2 Å². The van der Waals surface area contributed by atoms with Crippen LogP contribution < -0.4 is 11.3 Å². The van der Waals surface area contributed by atoms with Crippen LogP contribution in [0.4, 0.5) is 0 Å². The third-order valence-electron chi connectivity index (χ3n) is 5.74. The molecular weight excluding hydrogens is 236 g/mol. The lowest BCUT2D eigenvalue weighted by Crippen LogP contribution is -2.58. The summed E-state index contributed by atoms with van der Waals surface area (Å²) in [6, 6.07) is 0.338. The summed E-state index contributed by atoms with van der Waals surface area (Å²) in [5, 5.41) is 0. The van der Waals surface area contributed by atoms with Gasteiger partial charge in [-0.2, -0.15) is 0 Å². The summed E-state index contributed by atoms with van der Waals surface area (Å²) in [5.41, 5.74) is 3.16. The average molecular weight is 268 g/mol. The first kappa shape index (κ1) is 15.3. The van der Waals surface area contributed by atoms with Gasteiger partial charge in [0.05, 0.1) is 11.6 Å². The molecular formula is C16H32N2O. The van der Waals surface area contributed by atoms with E-state index in [1.54, 1.807) is 0 Å². The van der Waals surface area contributed by atoms with E-state index < -0.39 is 0 Å². The Morgan fingerprint density at radius 1 is 1.21 bits per heavy atom. The highest BCUT2D eigenvalue weighted by atomic mass is 16.5. The highest BCUT2D eigenvalue weighted by Crippen LogP contribution is 2.44. The summed E-state index contributed by atoms with van der Waals surface area (Å²) in [6.45, 7) is 7.70. The van der Waals surface area contributed by atoms with E-state index in [0.29, 0.717) is 12.0 Å². The van der Waals surface area contributed by atoms with Crippen molar-refractivity contribution in [1.82, 2.24) is 5.43 Å². The Morgan fingerprint density at radius 2 is 1.89 bits per heavy atom. The molecule has 0 bridgehead atoms. The van der Waals surface area contributed by atoms with E-state index in [2.05, 4.69) is 26.2 Å². The Labute approximate surface area is 118 Å². The third-order valence-corrected chi connectivity index (χ3v) is 5.74. The van der Waals surface area contributed by atoms with E-state index in [9.17, 15) is 0 Å². The van der Waals surface area contributed by atoms with Crippen LogP contribution in [0.3, 0.4) is 0 Å². The second kappa shape index (κ2) is 6.55. The molecule has 2 rings (SSSR count). The van der Waals surface area contributed by atoms with Crippen LogP contribution in [0.25, 0.3) is 0 Å². The quantitative estimate of drug-likeness (QED) is 0.594. The zero-order valence-electron chi connectivity index (χ0n) is 13.0. The summed E-state index contributed by atoms with van der Waals surface area (Å²) in [7, 11) is 0. The van der Waals surface area contributed by atoms with Crippen molar-refractivity contribution in [2.24, 2.45) is 23.6 Å². The second-order valence-electron chi connectivity index (χ2n) is 6.88. The molecule has 0 aromatic heterocycles. The smallest absolute Gasteiger partial charge is 0.0850 e. The van der Waals surface area contributed by atoms with Gasteiger partial charge in [0.25, 0.3) is 0 Å². The number of rotatable bonds is 5. The second-order valence-corrected chi connectivity index (χ2v) is 6.88. The first-order chi connectivity index (χ1) is 9.13. The zero-order chi connectivity index (χ0) is 13.9. The SMILES string of the molecule is CCOC1(C(NN)C2CCC(C)C(C)C2)CCCC1. The van der Waals surface area contributed by atoms with Gasteiger partial charge < -0.3 is 4.74 Å². The number of ether oxygens (including phenoxy) is 1. The van der Waals surface area contributed by atoms with Crippen molar-refractivity contribution in [3.63, 3.8) is 0 Å². The molecule has 2 aliphatic rings. The maximum absolute atomic E-state index is 6.22. The summed E-state index contributed by atoms with van der Waals surface area (Å²) in [5.74, 6) is 8.31.